The molecule has 0 unspecified atom stereocenters. The van der Waals surface area contributed by atoms with Crippen molar-refractivity contribution in [1.82, 2.24) is 19.2 Å². The molecule has 0 radical (unpaired) electrons. The fraction of sp³-hybridized carbons (Fsp3) is 0.120. The highest BCUT2D eigenvalue weighted by Crippen LogP contribution is 2.22. The zero-order valence-electron chi connectivity index (χ0n) is 17.6. The van der Waals surface area contributed by atoms with Crippen LogP contribution in [-0.4, -0.2) is 31.5 Å². The molecule has 0 fully saturated rings. The van der Waals surface area contributed by atoms with Crippen LogP contribution >= 0.6 is 11.8 Å². The van der Waals surface area contributed by atoms with E-state index in [0.29, 0.717) is 46.5 Å². The van der Waals surface area contributed by atoms with Gasteiger partial charge in [-0.25, -0.2) is 0 Å². The second-order valence-electron chi connectivity index (χ2n) is 7.35. The SMILES string of the molecule is N#Cc1ccc(OCCSc2nnc3n(Cc4ccccc4)c(=O)c4ccccc4n23)cc1. The van der Waals surface area contributed by atoms with Crippen molar-refractivity contribution in [2.24, 2.45) is 0 Å². The molecule has 33 heavy (non-hydrogen) atoms. The first-order chi connectivity index (χ1) is 16.2. The summed E-state index contributed by atoms with van der Waals surface area (Å²) in [5.41, 5.74) is 2.31. The highest BCUT2D eigenvalue weighted by molar-refractivity contribution is 7.99. The first-order valence-corrected chi connectivity index (χ1v) is 11.4. The van der Waals surface area contributed by atoms with Gasteiger partial charge in [0.25, 0.3) is 5.56 Å². The van der Waals surface area contributed by atoms with Crippen LogP contribution in [0.25, 0.3) is 16.7 Å². The Labute approximate surface area is 193 Å². The number of hydrogen-bond acceptors (Lipinski definition) is 6. The van der Waals surface area contributed by atoms with Gasteiger partial charge in [-0.2, -0.15) is 5.26 Å². The summed E-state index contributed by atoms with van der Waals surface area (Å²) in [7, 11) is 0. The number of para-hydroxylation sites is 1. The molecule has 0 saturated heterocycles. The Hall–Kier alpha value is -4.09. The van der Waals surface area contributed by atoms with Crippen molar-refractivity contribution in [2.75, 3.05) is 12.4 Å². The number of fused-ring (bicyclic) bond motifs is 3. The van der Waals surface area contributed by atoms with Gasteiger partial charge in [-0.15, -0.1) is 10.2 Å². The predicted molar refractivity (Wildman–Crippen MR) is 128 cm³/mol. The molecular weight excluding hydrogens is 434 g/mol. The lowest BCUT2D eigenvalue weighted by Crippen LogP contribution is -2.24. The van der Waals surface area contributed by atoms with Gasteiger partial charge in [-0.1, -0.05) is 54.2 Å². The summed E-state index contributed by atoms with van der Waals surface area (Å²) < 4.78 is 9.39. The maximum Gasteiger partial charge on any atom is 0.263 e. The number of thioether (sulfide) groups is 1. The standard InChI is InChI=1S/C25H19N5O2S/c26-16-18-10-12-20(13-11-18)32-14-15-33-25-28-27-24-29(17-19-6-2-1-3-7-19)23(31)21-8-4-5-9-22(21)30(24)25/h1-13H,14-15,17H2. The molecule has 0 atom stereocenters. The van der Waals surface area contributed by atoms with E-state index in [1.165, 1.54) is 11.8 Å². The normalized spacial score (nSPS) is 11.0. The molecule has 0 amide bonds. The Morgan fingerprint density at radius 2 is 1.70 bits per heavy atom. The zero-order valence-corrected chi connectivity index (χ0v) is 18.4. The average Bonchev–Trinajstić information content (AvgIpc) is 3.29. The van der Waals surface area contributed by atoms with E-state index in [9.17, 15) is 4.79 Å². The topological polar surface area (TPSA) is 85.2 Å². The van der Waals surface area contributed by atoms with Crippen molar-refractivity contribution >= 4 is 28.4 Å². The van der Waals surface area contributed by atoms with Crippen LogP contribution in [0.4, 0.5) is 0 Å². The number of benzene rings is 3. The molecule has 0 aliphatic rings. The zero-order chi connectivity index (χ0) is 22.6. The number of nitriles is 1. The third kappa shape index (κ3) is 4.19. The van der Waals surface area contributed by atoms with Gasteiger partial charge in [-0.3, -0.25) is 13.8 Å². The van der Waals surface area contributed by atoms with E-state index in [2.05, 4.69) is 16.3 Å². The van der Waals surface area contributed by atoms with Crippen molar-refractivity contribution < 1.29 is 4.74 Å². The minimum atomic E-state index is -0.0879. The summed E-state index contributed by atoms with van der Waals surface area (Å²) in [5.74, 6) is 1.87. The van der Waals surface area contributed by atoms with Gasteiger partial charge in [-0.05, 0) is 42.0 Å². The Bertz CT molecular complexity index is 1520. The number of aromatic nitrogens is 4. The van der Waals surface area contributed by atoms with Crippen LogP contribution in [0, 0.1) is 11.3 Å². The second kappa shape index (κ2) is 9.18. The molecule has 0 spiro atoms. The van der Waals surface area contributed by atoms with E-state index < -0.39 is 0 Å². The lowest BCUT2D eigenvalue weighted by atomic mass is 10.2. The van der Waals surface area contributed by atoms with Gasteiger partial charge in [0.15, 0.2) is 5.16 Å². The van der Waals surface area contributed by atoms with Crippen LogP contribution in [0.15, 0.2) is 88.8 Å². The monoisotopic (exact) mass is 453 g/mol. The van der Waals surface area contributed by atoms with E-state index in [0.717, 1.165) is 11.1 Å². The van der Waals surface area contributed by atoms with E-state index in [4.69, 9.17) is 10.00 Å². The number of hydrogen-bond donors (Lipinski definition) is 0. The number of ether oxygens (including phenoxy) is 1. The van der Waals surface area contributed by atoms with Crippen LogP contribution in [0.1, 0.15) is 11.1 Å². The van der Waals surface area contributed by atoms with Gasteiger partial charge >= 0.3 is 0 Å². The quantitative estimate of drug-likeness (QED) is 0.272. The molecule has 5 rings (SSSR count). The molecule has 7 nitrogen and oxygen atoms in total. The van der Waals surface area contributed by atoms with E-state index >= 15 is 0 Å². The minimum Gasteiger partial charge on any atom is -0.493 e. The molecule has 2 aromatic heterocycles. The Kier molecular flexibility index (Phi) is 5.79. The number of rotatable bonds is 7. The third-order valence-corrected chi connectivity index (χ3v) is 6.12. The number of nitrogens with zero attached hydrogens (tertiary/aromatic N) is 5. The van der Waals surface area contributed by atoms with Crippen molar-refractivity contribution in [3.8, 4) is 11.8 Å². The summed E-state index contributed by atoms with van der Waals surface area (Å²) in [6.45, 7) is 0.881. The van der Waals surface area contributed by atoms with E-state index in [-0.39, 0.29) is 5.56 Å². The maximum absolute atomic E-state index is 13.3. The molecule has 0 aliphatic heterocycles. The highest BCUT2D eigenvalue weighted by atomic mass is 32.2. The van der Waals surface area contributed by atoms with Crippen LogP contribution in [0.2, 0.25) is 0 Å². The van der Waals surface area contributed by atoms with E-state index in [1.807, 2.05) is 59.0 Å². The average molecular weight is 454 g/mol. The Morgan fingerprint density at radius 3 is 2.48 bits per heavy atom. The summed E-state index contributed by atoms with van der Waals surface area (Å²) in [4.78, 5) is 13.3. The first-order valence-electron chi connectivity index (χ1n) is 10.4. The smallest absolute Gasteiger partial charge is 0.263 e. The van der Waals surface area contributed by atoms with Crippen LogP contribution < -0.4 is 10.3 Å². The molecule has 0 N–H and O–H groups in total. The van der Waals surface area contributed by atoms with Gasteiger partial charge in [0, 0.05) is 5.75 Å². The fourth-order valence-corrected chi connectivity index (χ4v) is 4.41. The molecule has 0 saturated carbocycles. The maximum atomic E-state index is 13.3. The summed E-state index contributed by atoms with van der Waals surface area (Å²) >= 11 is 1.52. The molecular formula is C25H19N5O2S. The molecule has 8 heteroatoms. The van der Waals surface area contributed by atoms with Crippen LogP contribution in [-0.2, 0) is 6.54 Å². The van der Waals surface area contributed by atoms with E-state index in [1.54, 1.807) is 28.8 Å². The molecule has 2 heterocycles. The second-order valence-corrected chi connectivity index (χ2v) is 8.41. The molecule has 162 valence electrons. The summed E-state index contributed by atoms with van der Waals surface area (Å²) in [6, 6.07) is 26.5. The predicted octanol–water partition coefficient (Wildman–Crippen LogP) is 4.14. The molecule has 0 bridgehead atoms. The molecule has 0 aliphatic carbocycles. The van der Waals surface area contributed by atoms with Crippen molar-refractivity contribution in [1.29, 1.82) is 5.26 Å². The van der Waals surface area contributed by atoms with Crippen LogP contribution in [0.5, 0.6) is 5.75 Å². The lowest BCUT2D eigenvalue weighted by molar-refractivity contribution is 0.344. The van der Waals surface area contributed by atoms with Crippen molar-refractivity contribution in [3.63, 3.8) is 0 Å². The lowest BCUT2D eigenvalue weighted by Gasteiger charge is -2.11. The molecule has 3 aromatic carbocycles. The Balaban J connectivity index is 1.43. The van der Waals surface area contributed by atoms with Gasteiger partial charge in [0.2, 0.25) is 5.78 Å². The van der Waals surface area contributed by atoms with Crippen molar-refractivity contribution in [2.45, 2.75) is 11.7 Å². The Morgan fingerprint density at radius 1 is 0.939 bits per heavy atom. The van der Waals surface area contributed by atoms with Gasteiger partial charge in [0.1, 0.15) is 5.75 Å². The van der Waals surface area contributed by atoms with Gasteiger partial charge in [0.05, 0.1) is 35.7 Å². The summed E-state index contributed by atoms with van der Waals surface area (Å²) in [5, 5.41) is 19.0. The largest absolute Gasteiger partial charge is 0.493 e. The van der Waals surface area contributed by atoms with Crippen LogP contribution in [0.3, 0.4) is 0 Å². The van der Waals surface area contributed by atoms with Crippen molar-refractivity contribution in [3.05, 3.63) is 100 Å². The third-order valence-electron chi connectivity index (χ3n) is 5.23. The van der Waals surface area contributed by atoms with Gasteiger partial charge < -0.3 is 4.74 Å². The minimum absolute atomic E-state index is 0.0879. The summed E-state index contributed by atoms with van der Waals surface area (Å²) in [6.07, 6.45) is 0. The highest BCUT2D eigenvalue weighted by Gasteiger charge is 2.17. The fourth-order valence-electron chi connectivity index (χ4n) is 3.65. The first kappa shape index (κ1) is 20.8. The molecule has 5 aromatic rings.